The first kappa shape index (κ1) is 21.6. The van der Waals surface area contributed by atoms with Crippen LogP contribution in [0.3, 0.4) is 0 Å². The number of carbonyl (C=O) groups excluding carboxylic acids is 1. The van der Waals surface area contributed by atoms with Crippen molar-refractivity contribution in [2.45, 2.75) is 6.18 Å². The summed E-state index contributed by atoms with van der Waals surface area (Å²) in [4.78, 5) is 22.4. The highest BCUT2D eigenvalue weighted by molar-refractivity contribution is 8.26. The van der Waals surface area contributed by atoms with E-state index in [4.69, 9.17) is 21.7 Å². The number of methoxy groups -OCH3 is 1. The molecule has 30 heavy (non-hydrogen) atoms. The number of hydrogen-bond donors (Lipinski definition) is 1. The number of benzene rings is 2. The molecule has 0 bridgehead atoms. The fourth-order valence-electron chi connectivity index (χ4n) is 2.47. The van der Waals surface area contributed by atoms with Crippen molar-refractivity contribution < 1.29 is 32.4 Å². The van der Waals surface area contributed by atoms with Gasteiger partial charge in [-0.1, -0.05) is 30.0 Å². The lowest BCUT2D eigenvalue weighted by Gasteiger charge is -2.13. The molecule has 1 heterocycles. The summed E-state index contributed by atoms with van der Waals surface area (Å²) in [5.74, 6) is -0.524. The van der Waals surface area contributed by atoms with Gasteiger partial charge in [0.2, 0.25) is 5.75 Å². The van der Waals surface area contributed by atoms with Crippen molar-refractivity contribution in [3.63, 3.8) is 0 Å². The van der Waals surface area contributed by atoms with Crippen LogP contribution in [0.4, 0.5) is 18.9 Å². The zero-order valence-corrected chi connectivity index (χ0v) is 16.6. The third-order valence-corrected chi connectivity index (χ3v) is 4.99. The number of carbonyl (C=O) groups is 1. The molecular formula is C18H11F3N2O5S2. The van der Waals surface area contributed by atoms with Gasteiger partial charge >= 0.3 is 11.9 Å². The van der Waals surface area contributed by atoms with Crippen LogP contribution in [0.5, 0.6) is 17.2 Å². The van der Waals surface area contributed by atoms with E-state index in [-0.39, 0.29) is 23.2 Å². The maximum Gasteiger partial charge on any atom is 0.416 e. The van der Waals surface area contributed by atoms with Crippen LogP contribution in [-0.4, -0.2) is 22.3 Å². The van der Waals surface area contributed by atoms with Gasteiger partial charge in [0.1, 0.15) is 4.32 Å². The number of nitro benzene ring substituents is 1. The third-order valence-electron chi connectivity index (χ3n) is 3.83. The standard InChI is InChI=1S/C18H11F3N2O5S2/c1-27-14-6-9(7-15-16(24)22-17(29)30-15)2-4-13(14)28-12-5-3-10(18(19,20)21)8-11(12)23(25)26/h2-8H,1H3,(H,22,24,29). The summed E-state index contributed by atoms with van der Waals surface area (Å²) in [5.41, 5.74) is -1.45. The fraction of sp³-hybridized carbons (Fsp3) is 0.111. The monoisotopic (exact) mass is 456 g/mol. The summed E-state index contributed by atoms with van der Waals surface area (Å²) in [6.07, 6.45) is -3.17. The van der Waals surface area contributed by atoms with Crippen molar-refractivity contribution in [3.05, 3.63) is 62.5 Å². The molecule has 3 rings (SSSR count). The van der Waals surface area contributed by atoms with Crippen LogP contribution in [0.1, 0.15) is 11.1 Å². The van der Waals surface area contributed by atoms with E-state index in [1.54, 1.807) is 12.1 Å². The Morgan fingerprint density at radius 1 is 1.17 bits per heavy atom. The van der Waals surface area contributed by atoms with Crippen molar-refractivity contribution in [3.8, 4) is 17.2 Å². The van der Waals surface area contributed by atoms with E-state index in [9.17, 15) is 28.1 Å². The first-order valence-electron chi connectivity index (χ1n) is 8.05. The van der Waals surface area contributed by atoms with Gasteiger partial charge in [-0.25, -0.2) is 0 Å². The number of amides is 1. The fourth-order valence-corrected chi connectivity index (χ4v) is 3.52. The summed E-state index contributed by atoms with van der Waals surface area (Å²) in [5, 5.41) is 13.7. The quantitative estimate of drug-likeness (QED) is 0.296. The molecule has 0 saturated carbocycles. The van der Waals surface area contributed by atoms with Gasteiger partial charge in [0.05, 0.1) is 22.5 Å². The SMILES string of the molecule is COc1cc(C=C2SC(=S)NC2=O)ccc1Oc1ccc(C(F)(F)F)cc1[N+](=O)[O-]. The molecule has 12 heteroatoms. The predicted octanol–water partition coefficient (Wildman–Crippen LogP) is 4.90. The molecule has 1 N–H and O–H groups in total. The Morgan fingerprint density at radius 2 is 1.87 bits per heavy atom. The van der Waals surface area contributed by atoms with Crippen LogP contribution in [-0.2, 0) is 11.0 Å². The van der Waals surface area contributed by atoms with E-state index in [1.807, 2.05) is 0 Å². The zero-order valence-electron chi connectivity index (χ0n) is 15.0. The van der Waals surface area contributed by atoms with Crippen LogP contribution < -0.4 is 14.8 Å². The maximum atomic E-state index is 12.8. The maximum absolute atomic E-state index is 12.8. The average Bonchev–Trinajstić information content (AvgIpc) is 2.98. The van der Waals surface area contributed by atoms with Gasteiger partial charge in [-0.05, 0) is 35.9 Å². The van der Waals surface area contributed by atoms with E-state index in [1.165, 1.54) is 19.2 Å². The first-order valence-corrected chi connectivity index (χ1v) is 9.27. The normalized spacial score (nSPS) is 15.3. The second-order valence-electron chi connectivity index (χ2n) is 5.80. The van der Waals surface area contributed by atoms with Gasteiger partial charge in [0, 0.05) is 6.07 Å². The Labute approximate surface area is 177 Å². The van der Waals surface area contributed by atoms with Crippen LogP contribution in [0, 0.1) is 10.1 Å². The van der Waals surface area contributed by atoms with Crippen molar-refractivity contribution >= 4 is 46.0 Å². The molecular weight excluding hydrogens is 445 g/mol. The van der Waals surface area contributed by atoms with Gasteiger partial charge in [0.15, 0.2) is 11.5 Å². The Morgan fingerprint density at radius 3 is 2.43 bits per heavy atom. The highest BCUT2D eigenvalue weighted by Crippen LogP contribution is 2.40. The van der Waals surface area contributed by atoms with Gasteiger partial charge in [-0.2, -0.15) is 13.2 Å². The Balaban J connectivity index is 1.94. The molecule has 0 unspecified atom stereocenters. The summed E-state index contributed by atoms with van der Waals surface area (Å²) in [6, 6.07) is 6.44. The van der Waals surface area contributed by atoms with Crippen molar-refractivity contribution in [2.24, 2.45) is 0 Å². The molecule has 1 amide bonds. The number of rotatable bonds is 5. The molecule has 0 radical (unpaired) electrons. The highest BCUT2D eigenvalue weighted by Gasteiger charge is 2.33. The topological polar surface area (TPSA) is 90.7 Å². The number of ether oxygens (including phenoxy) is 2. The predicted molar refractivity (Wildman–Crippen MR) is 107 cm³/mol. The summed E-state index contributed by atoms with van der Waals surface area (Å²) >= 11 is 6.01. The molecule has 7 nitrogen and oxygen atoms in total. The van der Waals surface area contributed by atoms with Crippen LogP contribution in [0.25, 0.3) is 6.08 Å². The van der Waals surface area contributed by atoms with E-state index in [0.29, 0.717) is 26.9 Å². The second kappa shape index (κ2) is 8.32. The molecule has 1 fully saturated rings. The van der Waals surface area contributed by atoms with E-state index in [0.717, 1.165) is 17.8 Å². The molecule has 0 atom stereocenters. The second-order valence-corrected chi connectivity index (χ2v) is 7.52. The number of hydrogen-bond acceptors (Lipinski definition) is 7. The number of thiocarbonyl (C=S) groups is 1. The number of thioether (sulfide) groups is 1. The molecule has 0 spiro atoms. The summed E-state index contributed by atoms with van der Waals surface area (Å²) in [7, 11) is 1.33. The largest absolute Gasteiger partial charge is 0.493 e. The number of halogens is 3. The van der Waals surface area contributed by atoms with Crippen molar-refractivity contribution in [1.29, 1.82) is 0 Å². The molecule has 2 aromatic carbocycles. The highest BCUT2D eigenvalue weighted by atomic mass is 32.2. The van der Waals surface area contributed by atoms with Gasteiger partial charge in [0.25, 0.3) is 5.91 Å². The molecule has 156 valence electrons. The minimum atomic E-state index is -4.73. The zero-order chi connectivity index (χ0) is 22.1. The Kier molecular flexibility index (Phi) is 5.99. The lowest BCUT2D eigenvalue weighted by molar-refractivity contribution is -0.385. The van der Waals surface area contributed by atoms with Gasteiger partial charge in [-0.15, -0.1) is 0 Å². The number of alkyl halides is 3. The lowest BCUT2D eigenvalue weighted by atomic mass is 10.1. The van der Waals surface area contributed by atoms with Crippen LogP contribution in [0.2, 0.25) is 0 Å². The first-order chi connectivity index (χ1) is 14.1. The third kappa shape index (κ3) is 4.71. The summed E-state index contributed by atoms with van der Waals surface area (Å²) in [6.45, 7) is 0. The average molecular weight is 456 g/mol. The van der Waals surface area contributed by atoms with Gasteiger partial charge in [-0.3, -0.25) is 14.9 Å². The van der Waals surface area contributed by atoms with Gasteiger partial charge < -0.3 is 14.8 Å². The summed E-state index contributed by atoms with van der Waals surface area (Å²) < 4.78 is 49.5. The molecule has 0 aliphatic carbocycles. The molecule has 0 aromatic heterocycles. The molecule has 1 aliphatic heterocycles. The number of nitro groups is 1. The number of nitrogens with zero attached hydrogens (tertiary/aromatic N) is 1. The van der Waals surface area contributed by atoms with E-state index in [2.05, 4.69) is 5.32 Å². The Bertz CT molecular complexity index is 1090. The lowest BCUT2D eigenvalue weighted by Crippen LogP contribution is -2.17. The number of nitrogens with one attached hydrogen (secondary N) is 1. The molecule has 1 saturated heterocycles. The molecule has 2 aromatic rings. The minimum absolute atomic E-state index is 0.0431. The van der Waals surface area contributed by atoms with Crippen LogP contribution in [0.15, 0.2) is 41.3 Å². The van der Waals surface area contributed by atoms with Crippen molar-refractivity contribution in [1.82, 2.24) is 5.32 Å². The smallest absolute Gasteiger partial charge is 0.416 e. The van der Waals surface area contributed by atoms with Crippen LogP contribution >= 0.6 is 24.0 Å². The van der Waals surface area contributed by atoms with E-state index >= 15 is 0 Å². The van der Waals surface area contributed by atoms with Crippen molar-refractivity contribution in [2.75, 3.05) is 7.11 Å². The molecule has 1 aliphatic rings. The minimum Gasteiger partial charge on any atom is -0.493 e. The van der Waals surface area contributed by atoms with E-state index < -0.39 is 22.4 Å². The Hall–Kier alpha value is -3.12.